The lowest BCUT2D eigenvalue weighted by atomic mass is 9.89. The lowest BCUT2D eigenvalue weighted by Crippen LogP contribution is -2.34. The number of likely N-dealkylation sites (tertiary alicyclic amines) is 1. The van der Waals surface area contributed by atoms with Crippen LogP contribution in [0.5, 0.6) is 0 Å². The van der Waals surface area contributed by atoms with E-state index in [2.05, 4.69) is 45.7 Å². The van der Waals surface area contributed by atoms with Crippen LogP contribution in [0.15, 0.2) is 30.5 Å². The average molecular weight is 326 g/mol. The van der Waals surface area contributed by atoms with Crippen molar-refractivity contribution in [3.63, 3.8) is 0 Å². The number of aromatic amines is 1. The van der Waals surface area contributed by atoms with E-state index < -0.39 is 0 Å². The molecule has 130 valence electrons. The number of piperidine rings is 2. The third kappa shape index (κ3) is 3.68. The first kappa shape index (κ1) is 16.2. The van der Waals surface area contributed by atoms with Crippen LogP contribution in [0.1, 0.15) is 50.0 Å². The van der Waals surface area contributed by atoms with Crippen LogP contribution in [-0.4, -0.2) is 42.6 Å². The molecule has 0 amide bonds. The third-order valence-electron chi connectivity index (χ3n) is 6.13. The minimum Gasteiger partial charge on any atom is -0.361 e. The number of aromatic nitrogens is 1. The van der Waals surface area contributed by atoms with Crippen LogP contribution in [0.3, 0.4) is 0 Å². The first-order chi connectivity index (χ1) is 11.9. The van der Waals surface area contributed by atoms with Crippen molar-refractivity contribution in [2.75, 3.05) is 32.7 Å². The van der Waals surface area contributed by atoms with Gasteiger partial charge in [-0.1, -0.05) is 18.2 Å². The summed E-state index contributed by atoms with van der Waals surface area (Å²) in [7, 11) is 0. The zero-order valence-corrected chi connectivity index (χ0v) is 14.8. The molecule has 0 spiro atoms. The van der Waals surface area contributed by atoms with Crippen LogP contribution in [0, 0.1) is 5.92 Å². The lowest BCUT2D eigenvalue weighted by Gasteiger charge is -2.32. The molecule has 2 aromatic rings. The summed E-state index contributed by atoms with van der Waals surface area (Å²) in [6.07, 6.45) is 10.5. The molecule has 0 radical (unpaired) electrons. The Hall–Kier alpha value is -1.32. The molecule has 0 bridgehead atoms. The topological polar surface area (TPSA) is 31.1 Å². The van der Waals surface area contributed by atoms with E-state index >= 15 is 0 Å². The summed E-state index contributed by atoms with van der Waals surface area (Å²) in [5, 5.41) is 4.97. The number of nitrogens with zero attached hydrogens (tertiary/aromatic N) is 1. The Morgan fingerprint density at radius 3 is 2.79 bits per heavy atom. The van der Waals surface area contributed by atoms with Gasteiger partial charge in [0.15, 0.2) is 0 Å². The van der Waals surface area contributed by atoms with Gasteiger partial charge in [0.2, 0.25) is 0 Å². The number of rotatable bonds is 5. The molecule has 2 aliphatic rings. The van der Waals surface area contributed by atoms with Gasteiger partial charge in [-0.05, 0) is 94.7 Å². The smallest absolute Gasteiger partial charge is 0.0456 e. The number of H-pyrrole nitrogens is 1. The largest absolute Gasteiger partial charge is 0.361 e. The molecule has 3 nitrogen and oxygen atoms in total. The van der Waals surface area contributed by atoms with Gasteiger partial charge in [-0.3, -0.25) is 0 Å². The number of benzene rings is 1. The molecule has 1 aromatic carbocycles. The highest BCUT2D eigenvalue weighted by atomic mass is 15.1. The van der Waals surface area contributed by atoms with Gasteiger partial charge < -0.3 is 15.2 Å². The van der Waals surface area contributed by atoms with Gasteiger partial charge in [0.05, 0.1) is 0 Å². The number of hydrogen-bond donors (Lipinski definition) is 2. The molecule has 0 aliphatic carbocycles. The summed E-state index contributed by atoms with van der Waals surface area (Å²) >= 11 is 0. The van der Waals surface area contributed by atoms with Crippen LogP contribution < -0.4 is 5.32 Å². The van der Waals surface area contributed by atoms with Crippen molar-refractivity contribution in [3.05, 3.63) is 36.0 Å². The van der Waals surface area contributed by atoms with Crippen LogP contribution in [0.2, 0.25) is 0 Å². The van der Waals surface area contributed by atoms with Crippen molar-refractivity contribution in [2.45, 2.75) is 44.4 Å². The molecule has 1 unspecified atom stereocenters. The Balaban J connectivity index is 1.24. The molecule has 1 aromatic heterocycles. The predicted octanol–water partition coefficient (Wildman–Crippen LogP) is 4.13. The molecular formula is C21H31N3. The standard InChI is InChI=1S/C21H31N3/c1-2-8-21-19(7-1)20(16-23-21)18-9-13-24(14-10-18)12-4-6-17-5-3-11-22-15-17/h1-2,7-8,16-18,22-23H,3-6,9-15H2. The molecule has 1 atom stereocenters. The summed E-state index contributed by atoms with van der Waals surface area (Å²) in [5.74, 6) is 1.67. The van der Waals surface area contributed by atoms with E-state index in [4.69, 9.17) is 0 Å². The maximum atomic E-state index is 3.54. The fourth-order valence-electron chi connectivity index (χ4n) is 4.67. The van der Waals surface area contributed by atoms with E-state index in [-0.39, 0.29) is 0 Å². The maximum absolute atomic E-state index is 3.54. The summed E-state index contributed by atoms with van der Waals surface area (Å²) in [6, 6.07) is 8.74. The van der Waals surface area contributed by atoms with Crippen LogP contribution >= 0.6 is 0 Å². The molecular weight excluding hydrogens is 294 g/mol. The van der Waals surface area contributed by atoms with Crippen LogP contribution in [-0.2, 0) is 0 Å². The second-order valence-corrected chi connectivity index (χ2v) is 7.76. The second kappa shape index (κ2) is 7.71. The van der Waals surface area contributed by atoms with Crippen molar-refractivity contribution < 1.29 is 0 Å². The van der Waals surface area contributed by atoms with Gasteiger partial charge in [0, 0.05) is 17.1 Å². The Kier molecular flexibility index (Phi) is 5.19. The number of fused-ring (bicyclic) bond motifs is 1. The minimum atomic E-state index is 0.736. The van der Waals surface area contributed by atoms with E-state index in [1.165, 1.54) is 82.2 Å². The van der Waals surface area contributed by atoms with Gasteiger partial charge in [0.1, 0.15) is 0 Å². The molecule has 3 heterocycles. The van der Waals surface area contributed by atoms with Gasteiger partial charge in [0.25, 0.3) is 0 Å². The summed E-state index contributed by atoms with van der Waals surface area (Å²) in [6.45, 7) is 6.33. The Labute approximate surface area is 145 Å². The van der Waals surface area contributed by atoms with Crippen molar-refractivity contribution in [3.8, 4) is 0 Å². The maximum Gasteiger partial charge on any atom is 0.0456 e. The van der Waals surface area contributed by atoms with E-state index in [1.54, 1.807) is 5.56 Å². The van der Waals surface area contributed by atoms with E-state index in [0.717, 1.165) is 11.8 Å². The first-order valence-electron chi connectivity index (χ1n) is 9.89. The molecule has 3 heteroatoms. The van der Waals surface area contributed by atoms with Gasteiger partial charge in [-0.25, -0.2) is 0 Å². The van der Waals surface area contributed by atoms with Gasteiger partial charge >= 0.3 is 0 Å². The zero-order valence-electron chi connectivity index (χ0n) is 14.8. The van der Waals surface area contributed by atoms with Crippen molar-refractivity contribution in [2.24, 2.45) is 5.92 Å². The van der Waals surface area contributed by atoms with E-state index in [1.807, 2.05) is 0 Å². The van der Waals surface area contributed by atoms with Crippen LogP contribution in [0.4, 0.5) is 0 Å². The van der Waals surface area contributed by atoms with E-state index in [9.17, 15) is 0 Å². The third-order valence-corrected chi connectivity index (χ3v) is 6.13. The second-order valence-electron chi connectivity index (χ2n) is 7.76. The van der Waals surface area contributed by atoms with Crippen molar-refractivity contribution >= 4 is 10.9 Å². The Bertz CT molecular complexity index is 633. The molecule has 24 heavy (non-hydrogen) atoms. The van der Waals surface area contributed by atoms with E-state index in [0.29, 0.717) is 0 Å². The van der Waals surface area contributed by atoms with Crippen LogP contribution in [0.25, 0.3) is 10.9 Å². The number of nitrogens with one attached hydrogen (secondary N) is 2. The summed E-state index contributed by atoms with van der Waals surface area (Å²) in [5.41, 5.74) is 2.83. The highest BCUT2D eigenvalue weighted by molar-refractivity contribution is 5.83. The Morgan fingerprint density at radius 2 is 1.96 bits per heavy atom. The highest BCUT2D eigenvalue weighted by Crippen LogP contribution is 2.33. The summed E-state index contributed by atoms with van der Waals surface area (Å²) < 4.78 is 0. The average Bonchev–Trinajstić information content (AvgIpc) is 3.07. The SMILES string of the molecule is c1ccc2c(C3CCN(CCCC4CCCNC4)CC3)c[nH]c2c1. The predicted molar refractivity (Wildman–Crippen MR) is 102 cm³/mol. The zero-order chi connectivity index (χ0) is 16.2. The van der Waals surface area contributed by atoms with Crippen molar-refractivity contribution in [1.82, 2.24) is 15.2 Å². The van der Waals surface area contributed by atoms with Crippen molar-refractivity contribution in [1.29, 1.82) is 0 Å². The monoisotopic (exact) mass is 325 g/mol. The first-order valence-corrected chi connectivity index (χ1v) is 9.89. The minimum absolute atomic E-state index is 0.736. The summed E-state index contributed by atoms with van der Waals surface area (Å²) in [4.78, 5) is 6.14. The molecule has 2 N–H and O–H groups in total. The molecule has 2 aliphatic heterocycles. The number of hydrogen-bond acceptors (Lipinski definition) is 2. The molecule has 2 saturated heterocycles. The van der Waals surface area contributed by atoms with Gasteiger partial charge in [-0.2, -0.15) is 0 Å². The Morgan fingerprint density at radius 1 is 1.08 bits per heavy atom. The molecule has 4 rings (SSSR count). The molecule has 2 fully saturated rings. The number of para-hydroxylation sites is 1. The lowest BCUT2D eigenvalue weighted by molar-refractivity contribution is 0.202. The highest BCUT2D eigenvalue weighted by Gasteiger charge is 2.22. The normalized spacial score (nSPS) is 23.8. The quantitative estimate of drug-likeness (QED) is 0.866. The fraction of sp³-hybridized carbons (Fsp3) is 0.619. The molecule has 0 saturated carbocycles. The van der Waals surface area contributed by atoms with Gasteiger partial charge in [-0.15, -0.1) is 0 Å². The fourth-order valence-corrected chi connectivity index (χ4v) is 4.67.